The molecule has 0 aliphatic carbocycles. The highest BCUT2D eigenvalue weighted by atomic mass is 19.2. The first-order valence-corrected chi connectivity index (χ1v) is 33.8. The number of hydrogen-bond acceptors (Lipinski definition) is 14. The van der Waals surface area contributed by atoms with Crippen molar-refractivity contribution >= 4 is 81.6 Å². The van der Waals surface area contributed by atoms with Crippen molar-refractivity contribution in [2.75, 3.05) is 6.61 Å². The Morgan fingerprint density at radius 1 is 0.700 bits per heavy atom. The van der Waals surface area contributed by atoms with Gasteiger partial charge in [-0.05, 0) is 152 Å². The number of halogens is 2. The zero-order valence-corrected chi connectivity index (χ0v) is 57.5. The number of phenols is 1. The zero-order valence-electron chi connectivity index (χ0n) is 57.5. The van der Waals surface area contributed by atoms with Crippen LogP contribution in [-0.2, 0) is 76.8 Å². The molecule has 0 bridgehead atoms. The minimum Gasteiger partial charge on any atom is -0.508 e. The van der Waals surface area contributed by atoms with Crippen LogP contribution >= 0.6 is 0 Å². The van der Waals surface area contributed by atoms with Gasteiger partial charge in [0.25, 0.3) is 0 Å². The molecule has 9 amide bonds. The second-order valence-corrected chi connectivity index (χ2v) is 26.8. The van der Waals surface area contributed by atoms with Gasteiger partial charge in [-0.3, -0.25) is 52.7 Å². The summed E-state index contributed by atoms with van der Waals surface area (Å²) in [6.07, 6.45) is 6.89. The normalized spacial score (nSPS) is 22.1. The highest BCUT2D eigenvalue weighted by molar-refractivity contribution is 6.00. The number of carboxylic acid groups (broad SMARTS) is 1. The maximum atomic E-state index is 15.2. The molecule has 0 fully saturated rings. The van der Waals surface area contributed by atoms with Crippen LogP contribution in [-0.4, -0.2) is 145 Å². The van der Waals surface area contributed by atoms with E-state index in [9.17, 15) is 72.0 Å². The number of aliphatic hydroxyl groups excluding tert-OH is 1. The number of nitrogens with two attached hydrogens (primary N) is 1. The molecule has 14 N–H and O–H groups in total. The van der Waals surface area contributed by atoms with Crippen LogP contribution in [0.5, 0.6) is 5.75 Å². The Hall–Kier alpha value is -9.40. The lowest BCUT2D eigenvalue weighted by Gasteiger charge is -2.33. The molecule has 100 heavy (non-hydrogen) atoms. The number of rotatable bonds is 24. The molecule has 5 rings (SSSR count). The number of nitrogens with one attached hydrogen (secondary N) is 9. The number of Topliss-reactive ketones (excluding diaryl/α,β-unsaturated/α-hetero) is 2. The molecule has 0 radical (unpaired) electrons. The standard InChI is InChI=1S/C72H98F2N10O15.CH4/c1-42(2)21-25-48-26-31-60(88)57(39-50-40-76-55-20-16-15-19-52(50)55)79-67(96)58(38-46-22-27-51(87)28-23-46)80-66(95)56(30-32-61(89)90)81-69(98)71(6,84-65(94)49(35-43(3)86)36-47-24-29-53(73)54(74)37-47)33-17-13-11-9-8-10-12-14-18-34-72(7,83-64(48)93)70(99)82-59(41-85)68(97)78-45(5)63(92)77-44(4)62(75)91;/h10,12,15-16,19-20,22-24,27-29,37,40,42,44-45,48-49,56-59,76,85,87H,8-9,11,13-14,17-18,21,25-26,30-36,38-39,41H2,1-7H3,(H2,75,91)(H,77,92)(H,78,97)(H,79,96)(H,80,95)(H,81,98)(H,82,99)(H,83,93)(H,84,94)(H,89,90);1H4/b12-10+;/t44-,45?,48+,49-,56-,57-,58?,59-,71+,72-;/m0./s1. The number of ketones is 2. The van der Waals surface area contributed by atoms with Gasteiger partial charge in [0.2, 0.25) is 53.2 Å². The number of phenolic OH excluding ortho intramolecular Hbond substituents is 1. The van der Waals surface area contributed by atoms with Crippen LogP contribution in [0.2, 0.25) is 0 Å². The van der Waals surface area contributed by atoms with Crippen molar-refractivity contribution in [1.82, 2.24) is 47.5 Å². The minimum atomic E-state index is -1.88. The average molecular weight is 1400 g/mol. The van der Waals surface area contributed by atoms with Crippen LogP contribution < -0.4 is 48.3 Å². The van der Waals surface area contributed by atoms with Gasteiger partial charge in [0.15, 0.2) is 17.4 Å². The number of amides is 9. The van der Waals surface area contributed by atoms with Gasteiger partial charge in [0, 0.05) is 61.0 Å². The lowest BCUT2D eigenvalue weighted by molar-refractivity contribution is -0.140. The predicted molar refractivity (Wildman–Crippen MR) is 371 cm³/mol. The molecular formula is C73H102F2N10O15. The quantitative estimate of drug-likeness (QED) is 0.0361. The molecule has 1 aliphatic heterocycles. The molecule has 2 unspecified atom stereocenters. The fourth-order valence-corrected chi connectivity index (χ4v) is 11.6. The van der Waals surface area contributed by atoms with Gasteiger partial charge in [-0.25, -0.2) is 8.78 Å². The van der Waals surface area contributed by atoms with Crippen molar-refractivity contribution in [3.05, 3.63) is 113 Å². The number of aliphatic carboxylic acids is 1. The van der Waals surface area contributed by atoms with Crippen LogP contribution in [0.1, 0.15) is 175 Å². The van der Waals surface area contributed by atoms with Gasteiger partial charge in [0.05, 0.1) is 12.6 Å². The van der Waals surface area contributed by atoms with E-state index in [1.54, 1.807) is 18.3 Å². The molecule has 27 heteroatoms. The van der Waals surface area contributed by atoms with E-state index in [0.717, 1.165) is 12.1 Å². The number of carbonyl (C=O) groups excluding carboxylic acids is 11. The minimum absolute atomic E-state index is 0. The van der Waals surface area contributed by atoms with Crippen molar-refractivity contribution < 1.29 is 81.6 Å². The molecule has 1 aliphatic rings. The highest BCUT2D eigenvalue weighted by Gasteiger charge is 2.42. The first-order valence-electron chi connectivity index (χ1n) is 33.8. The fourth-order valence-electron chi connectivity index (χ4n) is 11.6. The van der Waals surface area contributed by atoms with Crippen LogP contribution in [0.4, 0.5) is 8.78 Å². The van der Waals surface area contributed by atoms with Gasteiger partial charge in [-0.1, -0.05) is 95.5 Å². The van der Waals surface area contributed by atoms with E-state index in [-0.39, 0.29) is 82.4 Å². The number of hydrogen-bond donors (Lipinski definition) is 13. The summed E-state index contributed by atoms with van der Waals surface area (Å²) in [5, 5.41) is 52.6. The van der Waals surface area contributed by atoms with Crippen molar-refractivity contribution in [3.63, 3.8) is 0 Å². The van der Waals surface area contributed by atoms with Crippen molar-refractivity contribution in [1.29, 1.82) is 0 Å². The Kier molecular flexibility index (Phi) is 33.2. The van der Waals surface area contributed by atoms with Gasteiger partial charge >= 0.3 is 5.97 Å². The molecule has 548 valence electrons. The molecule has 10 atom stereocenters. The molecule has 25 nitrogen and oxygen atoms in total. The summed E-state index contributed by atoms with van der Waals surface area (Å²) in [7, 11) is 0. The van der Waals surface area contributed by atoms with E-state index in [4.69, 9.17) is 5.73 Å². The number of aromatic amines is 1. The van der Waals surface area contributed by atoms with Gasteiger partial charge in [-0.2, -0.15) is 0 Å². The Balaban J connectivity index is 0.0000212. The largest absolute Gasteiger partial charge is 0.508 e. The number of para-hydroxylation sites is 1. The molecule has 3 aromatic carbocycles. The number of benzene rings is 3. The third-order valence-electron chi connectivity index (χ3n) is 17.8. The van der Waals surface area contributed by atoms with Gasteiger partial charge in [0.1, 0.15) is 52.8 Å². The SMILES string of the molecule is C.CC(=O)C[C@@H](Cc1ccc(F)c(F)c1)C(=O)N[C@]1(C)CCCCCC/C=C/CCC[C@@](C)(C(=O)N[C@@H](CO)C(=O)NC(C)C(=O)N[C@@H](C)C(N)=O)NC(=O)[C@H](CCC(C)C)CCC(=O)[C@H](Cc2c[nH]c3ccccc23)NC(=O)C(Cc2ccc(O)cc2)NC(=O)[C@H](CCC(=O)O)NC1=O. The van der Waals surface area contributed by atoms with Crippen molar-refractivity contribution in [2.24, 2.45) is 23.5 Å². The van der Waals surface area contributed by atoms with Crippen molar-refractivity contribution in [2.45, 2.75) is 225 Å². The topological polar surface area (TPSA) is 404 Å². The van der Waals surface area contributed by atoms with Crippen LogP contribution in [0, 0.1) is 29.4 Å². The molecule has 1 aromatic heterocycles. The number of carbonyl (C=O) groups is 12. The molecule has 4 aromatic rings. The van der Waals surface area contributed by atoms with E-state index in [0.29, 0.717) is 73.4 Å². The monoisotopic (exact) mass is 1400 g/mol. The van der Waals surface area contributed by atoms with Crippen LogP contribution in [0.3, 0.4) is 0 Å². The summed E-state index contributed by atoms with van der Waals surface area (Å²) in [6.45, 7) is 9.74. The number of carboxylic acids is 1. The lowest BCUT2D eigenvalue weighted by Crippen LogP contribution is -2.62. The number of aromatic nitrogens is 1. The molecule has 0 saturated carbocycles. The lowest BCUT2D eigenvalue weighted by atomic mass is 9.87. The number of aromatic hydroxyl groups is 1. The maximum Gasteiger partial charge on any atom is 0.303 e. The zero-order chi connectivity index (χ0) is 73.1. The highest BCUT2D eigenvalue weighted by Crippen LogP contribution is 2.27. The first-order chi connectivity index (χ1) is 46.8. The van der Waals surface area contributed by atoms with Crippen molar-refractivity contribution in [3.8, 4) is 5.75 Å². The van der Waals surface area contributed by atoms with Gasteiger partial charge in [-0.15, -0.1) is 0 Å². The first kappa shape index (κ1) is 83.0. The third kappa shape index (κ3) is 26.4. The number of fused-ring (bicyclic) bond motifs is 1. The second-order valence-electron chi connectivity index (χ2n) is 26.8. The van der Waals surface area contributed by atoms with E-state index < -0.39 is 161 Å². The van der Waals surface area contributed by atoms with Crippen LogP contribution in [0.15, 0.2) is 85.1 Å². The van der Waals surface area contributed by atoms with E-state index in [1.165, 1.54) is 65.0 Å². The number of primary amides is 1. The molecule has 2 heterocycles. The summed E-state index contributed by atoms with van der Waals surface area (Å²) < 4.78 is 28.5. The maximum absolute atomic E-state index is 15.2. The van der Waals surface area contributed by atoms with Crippen LogP contribution in [0.25, 0.3) is 10.9 Å². The smallest absolute Gasteiger partial charge is 0.303 e. The Morgan fingerprint density at radius 2 is 1.34 bits per heavy atom. The molecule has 0 spiro atoms. The summed E-state index contributed by atoms with van der Waals surface area (Å²) in [5.74, 6) is -14.5. The van der Waals surface area contributed by atoms with E-state index >= 15 is 9.59 Å². The number of aliphatic hydroxyl groups is 1. The second kappa shape index (κ2) is 40.0. The van der Waals surface area contributed by atoms with E-state index in [2.05, 4.69) is 47.5 Å². The summed E-state index contributed by atoms with van der Waals surface area (Å²) >= 11 is 0. The Morgan fingerprint density at radius 3 is 1.99 bits per heavy atom. The Bertz CT molecular complexity index is 3530. The fraction of sp³-hybridized carbons (Fsp3) is 0.534. The summed E-state index contributed by atoms with van der Waals surface area (Å²) in [6, 6.07) is 7.34. The average Bonchev–Trinajstić information content (AvgIpc) is 1.04. The summed E-state index contributed by atoms with van der Waals surface area (Å²) in [5.41, 5.74) is 3.55. The summed E-state index contributed by atoms with van der Waals surface area (Å²) in [4.78, 5) is 170. The Labute approximate surface area is 582 Å². The third-order valence-corrected chi connectivity index (χ3v) is 17.8. The van der Waals surface area contributed by atoms with E-state index in [1.807, 2.05) is 38.1 Å². The number of H-pyrrole nitrogens is 1. The predicted octanol–water partition coefficient (Wildman–Crippen LogP) is 5.93. The van der Waals surface area contributed by atoms with Gasteiger partial charge < -0.3 is 73.4 Å². The molecule has 0 saturated heterocycles. The number of allylic oxidation sites excluding steroid dienone is 2. The molecular weight excluding hydrogens is 1290 g/mol.